The third-order valence-corrected chi connectivity index (χ3v) is 5.21. The second kappa shape index (κ2) is 7.37. The molecule has 1 saturated carbocycles. The van der Waals surface area contributed by atoms with E-state index in [-0.39, 0.29) is 11.4 Å². The van der Waals surface area contributed by atoms with Gasteiger partial charge in [0.25, 0.3) is 0 Å². The van der Waals surface area contributed by atoms with Crippen molar-refractivity contribution in [3.8, 4) is 11.4 Å². The second-order valence-electron chi connectivity index (χ2n) is 6.12. The van der Waals surface area contributed by atoms with Gasteiger partial charge in [0.1, 0.15) is 0 Å². The van der Waals surface area contributed by atoms with Crippen LogP contribution < -0.4 is 0 Å². The molecule has 0 spiro atoms. The summed E-state index contributed by atoms with van der Waals surface area (Å²) in [7, 11) is 0. The van der Waals surface area contributed by atoms with Crippen LogP contribution >= 0.6 is 22.6 Å². The molecule has 128 valence electrons. The number of benzene rings is 1. The van der Waals surface area contributed by atoms with Gasteiger partial charge in [-0.3, -0.25) is 0 Å². The smallest absolute Gasteiger partial charge is 0.233 e. The molecule has 1 aliphatic carbocycles. The molecule has 0 amide bonds. The summed E-state index contributed by atoms with van der Waals surface area (Å²) < 4.78 is 40.6. The predicted octanol–water partition coefficient (Wildman–Crippen LogP) is 6.15. The summed E-state index contributed by atoms with van der Waals surface area (Å²) >= 11 is 2.19. The van der Waals surface area contributed by atoms with Gasteiger partial charge in [-0.1, -0.05) is 60.1 Å². The van der Waals surface area contributed by atoms with Crippen LogP contribution in [0.15, 0.2) is 30.3 Å². The SMILES string of the molecule is FC(F)(F)c1ccccc1-c1nc(CI)cc(C2CCCCC2)n1. The van der Waals surface area contributed by atoms with E-state index >= 15 is 0 Å². The van der Waals surface area contributed by atoms with Crippen LogP contribution in [0.2, 0.25) is 0 Å². The molecule has 0 atom stereocenters. The summed E-state index contributed by atoms with van der Waals surface area (Å²) in [5.41, 5.74) is 1.07. The van der Waals surface area contributed by atoms with Gasteiger partial charge in [-0.15, -0.1) is 0 Å². The van der Waals surface area contributed by atoms with Crippen molar-refractivity contribution in [1.29, 1.82) is 0 Å². The standard InChI is InChI=1S/C18H18F3IN2/c19-18(20,21)15-9-5-4-8-14(15)17-23-13(11-22)10-16(24-17)12-6-2-1-3-7-12/h4-5,8-10,12H,1-3,6-7,11H2. The topological polar surface area (TPSA) is 25.8 Å². The molecule has 0 unspecified atom stereocenters. The highest BCUT2D eigenvalue weighted by molar-refractivity contribution is 14.1. The third kappa shape index (κ3) is 3.90. The zero-order valence-corrected chi connectivity index (χ0v) is 15.3. The van der Waals surface area contributed by atoms with Gasteiger partial charge in [0.05, 0.1) is 11.3 Å². The average Bonchev–Trinajstić information content (AvgIpc) is 2.61. The fraction of sp³-hybridized carbons (Fsp3) is 0.444. The summed E-state index contributed by atoms with van der Waals surface area (Å²) in [6.45, 7) is 0. The molecule has 1 aromatic heterocycles. The molecule has 1 aromatic carbocycles. The van der Waals surface area contributed by atoms with Gasteiger partial charge < -0.3 is 0 Å². The molecule has 24 heavy (non-hydrogen) atoms. The molecule has 1 aliphatic rings. The Balaban J connectivity index is 2.08. The Bertz CT molecular complexity index is 710. The van der Waals surface area contributed by atoms with E-state index in [4.69, 9.17) is 0 Å². The Hall–Kier alpha value is -1.18. The van der Waals surface area contributed by atoms with Crippen molar-refractivity contribution < 1.29 is 13.2 Å². The van der Waals surface area contributed by atoms with Crippen molar-refractivity contribution >= 4 is 22.6 Å². The number of aromatic nitrogens is 2. The fourth-order valence-corrected chi connectivity index (χ4v) is 3.63. The zero-order valence-electron chi connectivity index (χ0n) is 13.1. The Kier molecular flexibility index (Phi) is 5.42. The number of hydrogen-bond donors (Lipinski definition) is 0. The predicted molar refractivity (Wildman–Crippen MR) is 96.0 cm³/mol. The van der Waals surface area contributed by atoms with Crippen molar-refractivity contribution in [1.82, 2.24) is 9.97 Å². The van der Waals surface area contributed by atoms with Gasteiger partial charge in [0.2, 0.25) is 0 Å². The molecule has 3 rings (SSSR count). The van der Waals surface area contributed by atoms with Crippen LogP contribution in [0.3, 0.4) is 0 Å². The molecular weight excluding hydrogens is 428 g/mol. The molecule has 2 aromatic rings. The molecule has 0 radical (unpaired) electrons. The Morgan fingerprint density at radius 1 is 1.04 bits per heavy atom. The van der Waals surface area contributed by atoms with Gasteiger partial charge in [-0.2, -0.15) is 13.2 Å². The molecule has 0 saturated heterocycles. The first-order valence-corrected chi connectivity index (χ1v) is 9.62. The summed E-state index contributed by atoms with van der Waals surface area (Å²) in [4.78, 5) is 8.91. The van der Waals surface area contributed by atoms with Crippen LogP contribution in [0.25, 0.3) is 11.4 Å². The third-order valence-electron chi connectivity index (χ3n) is 4.43. The first-order valence-electron chi connectivity index (χ1n) is 8.09. The Labute approximate surface area is 153 Å². The fourth-order valence-electron chi connectivity index (χ4n) is 3.24. The van der Waals surface area contributed by atoms with E-state index in [0.717, 1.165) is 43.1 Å². The molecule has 1 heterocycles. The van der Waals surface area contributed by atoms with Crippen LogP contribution in [0, 0.1) is 0 Å². The molecule has 1 fully saturated rings. The van der Waals surface area contributed by atoms with Crippen molar-refractivity contribution in [2.45, 2.75) is 48.6 Å². The first-order chi connectivity index (χ1) is 11.5. The number of halogens is 4. The summed E-state index contributed by atoms with van der Waals surface area (Å²) in [6.07, 6.45) is 1.23. The van der Waals surface area contributed by atoms with E-state index in [1.54, 1.807) is 6.07 Å². The van der Waals surface area contributed by atoms with Crippen LogP contribution in [0.5, 0.6) is 0 Å². The molecule has 6 heteroatoms. The van der Waals surface area contributed by atoms with E-state index in [0.29, 0.717) is 10.3 Å². The van der Waals surface area contributed by atoms with E-state index in [2.05, 4.69) is 32.6 Å². The lowest BCUT2D eigenvalue weighted by molar-refractivity contribution is -0.137. The zero-order chi connectivity index (χ0) is 17.2. The summed E-state index contributed by atoms with van der Waals surface area (Å²) in [6, 6.07) is 7.51. The van der Waals surface area contributed by atoms with Crippen molar-refractivity contribution in [3.63, 3.8) is 0 Å². The maximum absolute atomic E-state index is 13.3. The van der Waals surface area contributed by atoms with E-state index < -0.39 is 11.7 Å². The first kappa shape index (κ1) is 17.6. The summed E-state index contributed by atoms with van der Waals surface area (Å²) in [5.74, 6) is 0.526. The summed E-state index contributed by atoms with van der Waals surface area (Å²) in [5, 5.41) is 0. The normalized spacial score (nSPS) is 16.3. The number of alkyl halides is 4. The largest absolute Gasteiger partial charge is 0.417 e. The highest BCUT2D eigenvalue weighted by Crippen LogP contribution is 2.37. The van der Waals surface area contributed by atoms with Crippen LogP contribution in [-0.4, -0.2) is 9.97 Å². The number of rotatable bonds is 3. The van der Waals surface area contributed by atoms with Crippen LogP contribution in [0.4, 0.5) is 13.2 Å². The minimum Gasteiger partial charge on any atom is -0.233 e. The van der Waals surface area contributed by atoms with Crippen molar-refractivity contribution in [2.75, 3.05) is 0 Å². The lowest BCUT2D eigenvalue weighted by Gasteiger charge is -2.22. The van der Waals surface area contributed by atoms with Crippen LogP contribution in [-0.2, 0) is 10.6 Å². The van der Waals surface area contributed by atoms with Crippen molar-refractivity contribution in [2.24, 2.45) is 0 Å². The number of nitrogens with zero attached hydrogens (tertiary/aromatic N) is 2. The van der Waals surface area contributed by atoms with E-state index in [9.17, 15) is 13.2 Å². The molecule has 0 aliphatic heterocycles. The van der Waals surface area contributed by atoms with Crippen molar-refractivity contribution in [3.05, 3.63) is 47.3 Å². The Morgan fingerprint density at radius 3 is 2.42 bits per heavy atom. The van der Waals surface area contributed by atoms with Gasteiger partial charge >= 0.3 is 6.18 Å². The monoisotopic (exact) mass is 446 g/mol. The average molecular weight is 446 g/mol. The maximum Gasteiger partial charge on any atom is 0.417 e. The molecular formula is C18H18F3IN2. The van der Waals surface area contributed by atoms with Crippen LogP contribution in [0.1, 0.15) is 55.0 Å². The lowest BCUT2D eigenvalue weighted by atomic mass is 9.86. The lowest BCUT2D eigenvalue weighted by Crippen LogP contribution is -2.11. The van der Waals surface area contributed by atoms with Gasteiger partial charge in [-0.25, -0.2) is 9.97 Å². The molecule has 0 bridgehead atoms. The van der Waals surface area contributed by atoms with Gasteiger partial charge in [0, 0.05) is 21.6 Å². The number of hydrogen-bond acceptors (Lipinski definition) is 2. The van der Waals surface area contributed by atoms with Gasteiger partial charge in [0.15, 0.2) is 5.82 Å². The minimum atomic E-state index is -4.41. The maximum atomic E-state index is 13.3. The highest BCUT2D eigenvalue weighted by Gasteiger charge is 2.34. The second-order valence-corrected chi connectivity index (χ2v) is 6.88. The highest BCUT2D eigenvalue weighted by atomic mass is 127. The van der Waals surface area contributed by atoms with Gasteiger partial charge in [-0.05, 0) is 25.0 Å². The Morgan fingerprint density at radius 2 is 1.75 bits per heavy atom. The molecule has 2 nitrogen and oxygen atoms in total. The molecule has 0 N–H and O–H groups in total. The van der Waals surface area contributed by atoms with E-state index in [1.807, 2.05) is 6.07 Å². The minimum absolute atomic E-state index is 0.0637. The van der Waals surface area contributed by atoms with E-state index in [1.165, 1.54) is 18.6 Å². The quantitative estimate of drug-likeness (QED) is 0.418.